The molecular formula is C19H16N6O2S2. The number of nitrogens with zero attached hydrogens (tertiary/aromatic N) is 5. The van der Waals surface area contributed by atoms with E-state index in [9.17, 15) is 4.79 Å². The maximum Gasteiger partial charge on any atom is 0.341 e. The third-order valence-corrected chi connectivity index (χ3v) is 5.59. The van der Waals surface area contributed by atoms with Crippen LogP contribution in [0.4, 0.5) is 11.1 Å². The molecule has 0 atom stereocenters. The standard InChI is InChI=1S/C19H16N6O2S2/c1-2-27-16(26)12-10-22-17(23-14(12)11-28-18-20-8-5-9-21-18)25-19-24-13-6-3-4-7-15(13)29-19/h3-10H,2,11H2,1H3,(H,22,23,24,25). The van der Waals surface area contributed by atoms with Crippen molar-refractivity contribution in [2.45, 2.75) is 17.8 Å². The summed E-state index contributed by atoms with van der Waals surface area (Å²) in [6.07, 6.45) is 4.81. The molecule has 0 fully saturated rings. The number of anilines is 2. The van der Waals surface area contributed by atoms with Crippen LogP contribution < -0.4 is 5.32 Å². The molecule has 0 saturated carbocycles. The highest BCUT2D eigenvalue weighted by atomic mass is 32.2. The molecule has 8 nitrogen and oxygen atoms in total. The Morgan fingerprint density at radius 1 is 1.14 bits per heavy atom. The molecular weight excluding hydrogens is 408 g/mol. The molecule has 29 heavy (non-hydrogen) atoms. The summed E-state index contributed by atoms with van der Waals surface area (Å²) in [6.45, 7) is 2.03. The molecule has 0 saturated heterocycles. The molecule has 0 aliphatic heterocycles. The Balaban J connectivity index is 1.59. The number of esters is 1. The number of rotatable bonds is 7. The van der Waals surface area contributed by atoms with Gasteiger partial charge in [-0.05, 0) is 25.1 Å². The van der Waals surface area contributed by atoms with E-state index in [-0.39, 0.29) is 6.61 Å². The molecule has 3 heterocycles. The zero-order chi connectivity index (χ0) is 20.1. The molecule has 1 N–H and O–H groups in total. The molecule has 0 aliphatic carbocycles. The van der Waals surface area contributed by atoms with E-state index < -0.39 is 5.97 Å². The van der Waals surface area contributed by atoms with Gasteiger partial charge in [-0.25, -0.2) is 29.7 Å². The lowest BCUT2D eigenvalue weighted by atomic mass is 10.2. The van der Waals surface area contributed by atoms with Gasteiger partial charge in [-0.15, -0.1) is 0 Å². The summed E-state index contributed by atoms with van der Waals surface area (Å²) in [5.74, 6) is 0.306. The number of carbonyl (C=O) groups excluding carboxylic acids is 1. The predicted molar refractivity (Wildman–Crippen MR) is 112 cm³/mol. The van der Waals surface area contributed by atoms with Crippen molar-refractivity contribution in [3.8, 4) is 0 Å². The average Bonchev–Trinajstić information content (AvgIpc) is 3.15. The first kappa shape index (κ1) is 19.2. The van der Waals surface area contributed by atoms with Gasteiger partial charge in [-0.1, -0.05) is 35.2 Å². The van der Waals surface area contributed by atoms with E-state index in [0.717, 1.165) is 10.2 Å². The first-order valence-electron chi connectivity index (χ1n) is 8.78. The Labute approximate surface area is 174 Å². The van der Waals surface area contributed by atoms with Gasteiger partial charge in [0.05, 0.1) is 22.5 Å². The maximum absolute atomic E-state index is 12.3. The summed E-state index contributed by atoms with van der Waals surface area (Å²) < 4.78 is 6.19. The quantitative estimate of drug-likeness (QED) is 0.267. The van der Waals surface area contributed by atoms with Crippen LogP contribution in [0, 0.1) is 0 Å². The molecule has 0 spiro atoms. The summed E-state index contributed by atoms with van der Waals surface area (Å²) in [5, 5.41) is 4.40. The van der Waals surface area contributed by atoms with E-state index in [1.165, 1.54) is 29.3 Å². The Kier molecular flexibility index (Phi) is 5.92. The van der Waals surface area contributed by atoms with Crippen LogP contribution in [-0.2, 0) is 10.5 Å². The minimum atomic E-state index is -0.455. The minimum absolute atomic E-state index is 0.277. The van der Waals surface area contributed by atoms with Gasteiger partial charge in [0.2, 0.25) is 5.95 Å². The van der Waals surface area contributed by atoms with E-state index >= 15 is 0 Å². The largest absolute Gasteiger partial charge is 0.462 e. The summed E-state index contributed by atoms with van der Waals surface area (Å²) in [5.41, 5.74) is 1.77. The second-order valence-corrected chi connectivity index (χ2v) is 7.68. The molecule has 0 amide bonds. The summed E-state index contributed by atoms with van der Waals surface area (Å²) in [7, 11) is 0. The van der Waals surface area contributed by atoms with Crippen LogP contribution in [0.15, 0.2) is 54.1 Å². The smallest absolute Gasteiger partial charge is 0.341 e. The number of hydrogen-bond acceptors (Lipinski definition) is 10. The number of thioether (sulfide) groups is 1. The second-order valence-electron chi connectivity index (χ2n) is 5.71. The first-order chi connectivity index (χ1) is 14.2. The zero-order valence-electron chi connectivity index (χ0n) is 15.4. The maximum atomic E-state index is 12.3. The van der Waals surface area contributed by atoms with Crippen molar-refractivity contribution >= 4 is 50.4 Å². The van der Waals surface area contributed by atoms with Gasteiger partial charge in [0.25, 0.3) is 0 Å². The Morgan fingerprint density at radius 3 is 2.76 bits per heavy atom. The highest BCUT2D eigenvalue weighted by Gasteiger charge is 2.17. The van der Waals surface area contributed by atoms with Crippen molar-refractivity contribution in [3.05, 3.63) is 60.2 Å². The van der Waals surface area contributed by atoms with Crippen LogP contribution in [0.25, 0.3) is 10.2 Å². The summed E-state index contributed by atoms with van der Waals surface area (Å²) in [4.78, 5) is 34.0. The molecule has 0 unspecified atom stereocenters. The lowest BCUT2D eigenvalue weighted by molar-refractivity contribution is 0.0524. The van der Waals surface area contributed by atoms with E-state index in [2.05, 4.69) is 30.2 Å². The first-order valence-corrected chi connectivity index (χ1v) is 10.6. The van der Waals surface area contributed by atoms with Crippen LogP contribution in [0.1, 0.15) is 23.0 Å². The van der Waals surface area contributed by atoms with Gasteiger partial charge < -0.3 is 10.1 Å². The molecule has 4 rings (SSSR count). The molecule has 3 aromatic heterocycles. The molecule has 0 bridgehead atoms. The van der Waals surface area contributed by atoms with Crippen LogP contribution in [-0.4, -0.2) is 37.5 Å². The number of ether oxygens (including phenoxy) is 1. The number of hydrogen-bond donors (Lipinski definition) is 1. The van der Waals surface area contributed by atoms with Gasteiger partial charge >= 0.3 is 5.97 Å². The molecule has 146 valence electrons. The van der Waals surface area contributed by atoms with Crippen molar-refractivity contribution in [3.63, 3.8) is 0 Å². The van der Waals surface area contributed by atoms with E-state index in [4.69, 9.17) is 4.74 Å². The van der Waals surface area contributed by atoms with Crippen molar-refractivity contribution in [1.82, 2.24) is 24.9 Å². The summed E-state index contributed by atoms with van der Waals surface area (Å²) >= 11 is 2.89. The topological polar surface area (TPSA) is 103 Å². The van der Waals surface area contributed by atoms with Crippen molar-refractivity contribution < 1.29 is 9.53 Å². The number of thiazole rings is 1. The van der Waals surface area contributed by atoms with E-state index in [1.54, 1.807) is 25.4 Å². The minimum Gasteiger partial charge on any atom is -0.462 e. The fourth-order valence-corrected chi connectivity index (χ4v) is 4.10. The van der Waals surface area contributed by atoms with Gasteiger partial charge in [-0.3, -0.25) is 0 Å². The Bertz CT molecular complexity index is 1100. The molecule has 4 aromatic rings. The highest BCUT2D eigenvalue weighted by molar-refractivity contribution is 7.98. The van der Waals surface area contributed by atoms with E-state index in [1.807, 2.05) is 24.3 Å². The Morgan fingerprint density at radius 2 is 1.97 bits per heavy atom. The summed E-state index contributed by atoms with van der Waals surface area (Å²) in [6, 6.07) is 9.61. The SMILES string of the molecule is CCOC(=O)c1cnc(Nc2nc3ccccc3s2)nc1CSc1ncccn1. The van der Waals surface area contributed by atoms with Gasteiger partial charge in [0, 0.05) is 24.3 Å². The van der Waals surface area contributed by atoms with Crippen LogP contribution in [0.3, 0.4) is 0 Å². The van der Waals surface area contributed by atoms with Gasteiger partial charge in [-0.2, -0.15) is 0 Å². The van der Waals surface area contributed by atoms with Crippen LogP contribution in [0.2, 0.25) is 0 Å². The molecule has 10 heteroatoms. The fourth-order valence-electron chi connectivity index (χ4n) is 2.48. The predicted octanol–water partition coefficient (Wildman–Crippen LogP) is 4.09. The monoisotopic (exact) mass is 424 g/mol. The normalized spacial score (nSPS) is 10.8. The number of fused-ring (bicyclic) bond motifs is 1. The number of nitrogens with one attached hydrogen (secondary N) is 1. The van der Waals surface area contributed by atoms with Crippen LogP contribution in [0.5, 0.6) is 0 Å². The highest BCUT2D eigenvalue weighted by Crippen LogP contribution is 2.28. The average molecular weight is 425 g/mol. The van der Waals surface area contributed by atoms with Gasteiger partial charge in [0.15, 0.2) is 10.3 Å². The van der Waals surface area contributed by atoms with Crippen LogP contribution >= 0.6 is 23.1 Å². The van der Waals surface area contributed by atoms with Crippen molar-refractivity contribution in [2.24, 2.45) is 0 Å². The number of carbonyl (C=O) groups is 1. The fraction of sp³-hybridized carbons (Fsp3) is 0.158. The lowest BCUT2D eigenvalue weighted by Gasteiger charge is -2.09. The second kappa shape index (κ2) is 8.93. The lowest BCUT2D eigenvalue weighted by Crippen LogP contribution is -2.11. The van der Waals surface area contributed by atoms with Crippen molar-refractivity contribution in [2.75, 3.05) is 11.9 Å². The van der Waals surface area contributed by atoms with Crippen molar-refractivity contribution in [1.29, 1.82) is 0 Å². The van der Waals surface area contributed by atoms with E-state index in [0.29, 0.717) is 33.2 Å². The molecule has 0 radical (unpaired) electrons. The number of para-hydroxylation sites is 1. The molecule has 0 aliphatic rings. The number of aromatic nitrogens is 5. The third kappa shape index (κ3) is 4.66. The number of benzene rings is 1. The Hall–Kier alpha value is -3.11. The molecule has 1 aromatic carbocycles. The third-order valence-electron chi connectivity index (χ3n) is 3.76. The zero-order valence-corrected chi connectivity index (χ0v) is 17.0. The van der Waals surface area contributed by atoms with Gasteiger partial charge in [0.1, 0.15) is 5.56 Å².